The minimum atomic E-state index is -2.40. The van der Waals surface area contributed by atoms with Crippen LogP contribution in [0.5, 0.6) is 0 Å². The number of halogens is 2. The second-order valence-electron chi connectivity index (χ2n) is 7.27. The number of benzene rings is 1. The van der Waals surface area contributed by atoms with Gasteiger partial charge in [-0.1, -0.05) is 51.5 Å². The van der Waals surface area contributed by atoms with E-state index >= 15 is 0 Å². The minimum absolute atomic E-state index is 0.112. The number of anilines is 1. The molecule has 124 valence electrons. The molecule has 0 bridgehead atoms. The van der Waals surface area contributed by atoms with Gasteiger partial charge in [0.2, 0.25) is 0 Å². The molecule has 0 radical (unpaired) electrons. The summed E-state index contributed by atoms with van der Waals surface area (Å²) >= 11 is 0. The predicted molar refractivity (Wildman–Crippen MR) is 92.3 cm³/mol. The first-order valence-corrected chi connectivity index (χ1v) is 8.50. The Labute approximate surface area is 137 Å². The van der Waals surface area contributed by atoms with E-state index in [2.05, 4.69) is 26.8 Å². The van der Waals surface area contributed by atoms with Gasteiger partial charge in [0.15, 0.2) is 0 Å². The van der Waals surface area contributed by atoms with E-state index in [0.29, 0.717) is 5.92 Å². The first-order chi connectivity index (χ1) is 11.0. The van der Waals surface area contributed by atoms with E-state index in [1.807, 2.05) is 18.2 Å². The summed E-state index contributed by atoms with van der Waals surface area (Å²) < 4.78 is 27.0. The Morgan fingerprint density at radius 1 is 1.26 bits per heavy atom. The fraction of sp³-hybridized carbons (Fsp3) is 0.500. The number of fused-ring (bicyclic) bond motifs is 1. The van der Waals surface area contributed by atoms with Crippen LogP contribution in [0.15, 0.2) is 42.6 Å². The summed E-state index contributed by atoms with van der Waals surface area (Å²) in [7, 11) is 0. The number of rotatable bonds is 4. The van der Waals surface area contributed by atoms with Crippen LogP contribution in [0.1, 0.15) is 57.1 Å². The lowest BCUT2D eigenvalue weighted by molar-refractivity contribution is 0.132. The highest BCUT2D eigenvalue weighted by atomic mass is 19.3. The Balaban J connectivity index is 2.10. The van der Waals surface area contributed by atoms with Crippen LogP contribution >= 0.6 is 0 Å². The Kier molecular flexibility index (Phi) is 4.31. The number of allylic oxidation sites excluding steroid dienone is 2. The van der Waals surface area contributed by atoms with Crippen molar-refractivity contribution in [1.82, 2.24) is 0 Å². The summed E-state index contributed by atoms with van der Waals surface area (Å²) in [5, 5.41) is 0. The zero-order valence-electron chi connectivity index (χ0n) is 14.1. The van der Waals surface area contributed by atoms with E-state index in [-0.39, 0.29) is 5.41 Å². The molecule has 1 nitrogen and oxygen atoms in total. The fourth-order valence-electron chi connectivity index (χ4n) is 4.18. The van der Waals surface area contributed by atoms with Crippen molar-refractivity contribution in [2.75, 3.05) is 4.90 Å². The third-order valence-electron chi connectivity index (χ3n) is 5.14. The highest BCUT2D eigenvalue weighted by molar-refractivity contribution is 5.65. The van der Waals surface area contributed by atoms with Gasteiger partial charge in [0, 0.05) is 11.9 Å². The highest BCUT2D eigenvalue weighted by Crippen LogP contribution is 2.51. The molecule has 1 aliphatic carbocycles. The van der Waals surface area contributed by atoms with Gasteiger partial charge in [-0.3, -0.25) is 0 Å². The van der Waals surface area contributed by atoms with E-state index < -0.39 is 12.5 Å². The topological polar surface area (TPSA) is 3.24 Å². The number of nitrogens with zero attached hydrogens (tertiary/aromatic N) is 1. The first-order valence-electron chi connectivity index (χ1n) is 8.50. The molecule has 0 N–H and O–H groups in total. The summed E-state index contributed by atoms with van der Waals surface area (Å²) in [6.45, 7) is 6.72. The molecule has 2 unspecified atom stereocenters. The second-order valence-corrected chi connectivity index (χ2v) is 7.27. The van der Waals surface area contributed by atoms with Crippen LogP contribution in [0.4, 0.5) is 14.5 Å². The fourth-order valence-corrected chi connectivity index (χ4v) is 4.18. The second kappa shape index (κ2) is 6.10. The van der Waals surface area contributed by atoms with Gasteiger partial charge in [-0.2, -0.15) is 0 Å². The van der Waals surface area contributed by atoms with Gasteiger partial charge < -0.3 is 4.90 Å². The standard InChI is InChI=1S/C20H25F2N/c1-4-8-14-13-20(2,3)15-9-7-11-16(18(14)15)23-12-6-5-10-17(23)19(21)22/h5-7,9-12,14,17,19H,4,8,13H2,1-3H3. The molecule has 0 amide bonds. The average molecular weight is 317 g/mol. The molecule has 2 aliphatic rings. The Bertz CT molecular complexity index is 631. The molecular weight excluding hydrogens is 292 g/mol. The monoisotopic (exact) mass is 317 g/mol. The van der Waals surface area contributed by atoms with Crippen LogP contribution in [0.25, 0.3) is 0 Å². The molecule has 1 aromatic carbocycles. The summed E-state index contributed by atoms with van der Waals surface area (Å²) in [5.41, 5.74) is 3.67. The molecule has 1 aromatic rings. The SMILES string of the molecule is CCCC1CC(C)(C)c2cccc(N3C=CC=CC3C(F)F)c21. The van der Waals surface area contributed by atoms with Crippen LogP contribution in [0, 0.1) is 0 Å². The van der Waals surface area contributed by atoms with Gasteiger partial charge >= 0.3 is 0 Å². The molecule has 23 heavy (non-hydrogen) atoms. The molecule has 0 saturated heterocycles. The van der Waals surface area contributed by atoms with Crippen molar-refractivity contribution in [3.8, 4) is 0 Å². The lowest BCUT2D eigenvalue weighted by Crippen LogP contribution is -2.37. The quantitative estimate of drug-likeness (QED) is 0.681. The average Bonchev–Trinajstić information content (AvgIpc) is 2.79. The van der Waals surface area contributed by atoms with E-state index in [4.69, 9.17) is 0 Å². The van der Waals surface area contributed by atoms with Crippen molar-refractivity contribution in [2.45, 2.75) is 63.8 Å². The van der Waals surface area contributed by atoms with Crippen molar-refractivity contribution in [1.29, 1.82) is 0 Å². The van der Waals surface area contributed by atoms with Crippen LogP contribution < -0.4 is 4.90 Å². The molecule has 2 atom stereocenters. The van der Waals surface area contributed by atoms with Crippen LogP contribution in [-0.2, 0) is 5.41 Å². The van der Waals surface area contributed by atoms with E-state index in [1.54, 1.807) is 23.3 Å². The molecule has 1 aliphatic heterocycles. The van der Waals surface area contributed by atoms with Gasteiger partial charge in [-0.05, 0) is 47.4 Å². The molecule has 0 fully saturated rings. The van der Waals surface area contributed by atoms with Crippen molar-refractivity contribution in [3.63, 3.8) is 0 Å². The van der Waals surface area contributed by atoms with E-state index in [0.717, 1.165) is 24.9 Å². The number of hydrogen-bond donors (Lipinski definition) is 0. The predicted octanol–water partition coefficient (Wildman–Crippen LogP) is 5.78. The molecule has 1 heterocycles. The lowest BCUT2D eigenvalue weighted by atomic mass is 9.85. The third kappa shape index (κ3) is 2.82. The van der Waals surface area contributed by atoms with Gasteiger partial charge in [0.25, 0.3) is 6.43 Å². The van der Waals surface area contributed by atoms with E-state index in [9.17, 15) is 8.78 Å². The van der Waals surface area contributed by atoms with Crippen molar-refractivity contribution >= 4 is 5.69 Å². The summed E-state index contributed by atoms with van der Waals surface area (Å²) in [5.74, 6) is 0.457. The lowest BCUT2D eigenvalue weighted by Gasteiger charge is -2.32. The Morgan fingerprint density at radius 2 is 2.04 bits per heavy atom. The Morgan fingerprint density at radius 3 is 2.74 bits per heavy atom. The molecule has 0 spiro atoms. The van der Waals surface area contributed by atoms with Crippen molar-refractivity contribution in [3.05, 3.63) is 53.8 Å². The zero-order chi connectivity index (χ0) is 16.6. The van der Waals surface area contributed by atoms with Gasteiger partial charge in [-0.25, -0.2) is 8.78 Å². The summed E-state index contributed by atoms with van der Waals surface area (Å²) in [4.78, 5) is 1.76. The van der Waals surface area contributed by atoms with E-state index in [1.165, 1.54) is 11.1 Å². The molecule has 3 heteroatoms. The van der Waals surface area contributed by atoms with Crippen LogP contribution in [0.3, 0.4) is 0 Å². The number of hydrogen-bond acceptors (Lipinski definition) is 1. The molecular formula is C20H25F2N. The van der Waals surface area contributed by atoms with Crippen LogP contribution in [-0.4, -0.2) is 12.5 Å². The number of alkyl halides is 2. The Hall–Kier alpha value is -1.64. The summed E-state index contributed by atoms with van der Waals surface area (Å²) in [6, 6.07) is 5.31. The van der Waals surface area contributed by atoms with Gasteiger partial charge in [0.1, 0.15) is 6.04 Å². The normalized spacial score (nSPS) is 25.2. The first kappa shape index (κ1) is 16.2. The van der Waals surface area contributed by atoms with Gasteiger partial charge in [0.05, 0.1) is 0 Å². The smallest absolute Gasteiger partial charge is 0.262 e. The highest BCUT2D eigenvalue weighted by Gasteiger charge is 2.39. The van der Waals surface area contributed by atoms with Crippen molar-refractivity contribution < 1.29 is 8.78 Å². The minimum Gasteiger partial charge on any atom is -0.335 e. The van der Waals surface area contributed by atoms with Crippen molar-refractivity contribution in [2.24, 2.45) is 0 Å². The maximum absolute atomic E-state index is 13.5. The largest absolute Gasteiger partial charge is 0.335 e. The zero-order valence-corrected chi connectivity index (χ0v) is 14.1. The molecule has 0 saturated carbocycles. The summed E-state index contributed by atoms with van der Waals surface area (Å²) in [6.07, 6.45) is 7.87. The molecule has 0 aromatic heterocycles. The maximum Gasteiger partial charge on any atom is 0.262 e. The van der Waals surface area contributed by atoms with Crippen LogP contribution in [0.2, 0.25) is 0 Å². The maximum atomic E-state index is 13.5. The third-order valence-corrected chi connectivity index (χ3v) is 5.14. The van der Waals surface area contributed by atoms with Gasteiger partial charge in [-0.15, -0.1) is 0 Å². The molecule has 3 rings (SSSR count).